The first-order valence-corrected chi connectivity index (χ1v) is 9.22. The lowest BCUT2D eigenvalue weighted by molar-refractivity contribution is -0.137. The number of carbonyl (C=O) groups is 1. The molecule has 0 saturated carbocycles. The smallest absolute Gasteiger partial charge is 0.263 e. The summed E-state index contributed by atoms with van der Waals surface area (Å²) in [7, 11) is 0. The van der Waals surface area contributed by atoms with Gasteiger partial charge in [0.05, 0.1) is 12.1 Å². The molecule has 2 heterocycles. The van der Waals surface area contributed by atoms with Crippen molar-refractivity contribution in [3.8, 4) is 11.6 Å². The van der Waals surface area contributed by atoms with Gasteiger partial charge in [-0.1, -0.05) is 36.4 Å². The topological polar surface area (TPSA) is 51.7 Å². The van der Waals surface area contributed by atoms with Gasteiger partial charge in [-0.05, 0) is 31.2 Å². The third-order valence-electron chi connectivity index (χ3n) is 4.72. The van der Waals surface area contributed by atoms with Crippen LogP contribution in [0.15, 0.2) is 66.7 Å². The van der Waals surface area contributed by atoms with Crippen LogP contribution in [0.4, 0.5) is 0 Å². The van der Waals surface area contributed by atoms with Crippen LogP contribution in [0.1, 0.15) is 13.3 Å². The molecule has 0 bridgehead atoms. The van der Waals surface area contributed by atoms with Crippen molar-refractivity contribution in [2.24, 2.45) is 0 Å². The van der Waals surface area contributed by atoms with Crippen LogP contribution in [-0.2, 0) is 4.79 Å². The van der Waals surface area contributed by atoms with Crippen LogP contribution in [0.25, 0.3) is 10.9 Å². The Labute approximate surface area is 158 Å². The van der Waals surface area contributed by atoms with Gasteiger partial charge in [0.1, 0.15) is 11.9 Å². The fourth-order valence-corrected chi connectivity index (χ4v) is 3.32. The third-order valence-corrected chi connectivity index (χ3v) is 4.72. The van der Waals surface area contributed by atoms with Gasteiger partial charge >= 0.3 is 0 Å². The molecule has 0 N–H and O–H groups in total. The van der Waals surface area contributed by atoms with Crippen molar-refractivity contribution < 1.29 is 14.3 Å². The number of hydrogen-bond acceptors (Lipinski definition) is 4. The molecule has 3 aromatic rings. The SMILES string of the molecule is CC(Oc1ccccc1)C(=O)N1CCC(Oc2ccc3ccccc3n2)C1. The normalized spacial score (nSPS) is 17.7. The van der Waals surface area contributed by atoms with E-state index in [-0.39, 0.29) is 12.0 Å². The summed E-state index contributed by atoms with van der Waals surface area (Å²) in [6, 6.07) is 21.2. The predicted molar refractivity (Wildman–Crippen MR) is 104 cm³/mol. The van der Waals surface area contributed by atoms with Crippen LogP contribution in [-0.4, -0.2) is 41.1 Å². The first-order chi connectivity index (χ1) is 13.2. The number of amides is 1. The molecule has 5 heteroatoms. The van der Waals surface area contributed by atoms with Crippen LogP contribution < -0.4 is 9.47 Å². The Morgan fingerprint density at radius 2 is 1.85 bits per heavy atom. The lowest BCUT2D eigenvalue weighted by atomic mass is 10.2. The molecule has 1 aliphatic heterocycles. The number of pyridine rings is 1. The molecule has 1 amide bonds. The standard InChI is InChI=1S/C22H22N2O3/c1-16(26-18-8-3-2-4-9-18)22(25)24-14-13-19(15-24)27-21-12-11-17-7-5-6-10-20(17)23-21/h2-12,16,19H,13-15H2,1H3. The number of carbonyl (C=O) groups excluding carboxylic acids is 1. The van der Waals surface area contributed by atoms with Gasteiger partial charge in [-0.15, -0.1) is 0 Å². The predicted octanol–water partition coefficient (Wildman–Crippen LogP) is 3.68. The van der Waals surface area contributed by atoms with E-state index in [0.717, 1.165) is 17.3 Å². The van der Waals surface area contributed by atoms with Gasteiger partial charge in [0.15, 0.2) is 6.10 Å². The summed E-state index contributed by atoms with van der Waals surface area (Å²) in [6.07, 6.45) is 0.217. The fourth-order valence-electron chi connectivity index (χ4n) is 3.32. The van der Waals surface area contributed by atoms with E-state index < -0.39 is 6.10 Å². The van der Waals surface area contributed by atoms with E-state index in [1.807, 2.05) is 66.7 Å². The molecule has 1 saturated heterocycles. The highest BCUT2D eigenvalue weighted by Crippen LogP contribution is 2.21. The highest BCUT2D eigenvalue weighted by atomic mass is 16.5. The van der Waals surface area contributed by atoms with Crippen molar-refractivity contribution in [3.63, 3.8) is 0 Å². The molecular formula is C22H22N2O3. The van der Waals surface area contributed by atoms with Gasteiger partial charge in [-0.2, -0.15) is 0 Å². The van der Waals surface area contributed by atoms with E-state index in [2.05, 4.69) is 4.98 Å². The first-order valence-electron chi connectivity index (χ1n) is 9.22. The number of hydrogen-bond donors (Lipinski definition) is 0. The Hall–Kier alpha value is -3.08. The van der Waals surface area contributed by atoms with Crippen LogP contribution in [0.3, 0.4) is 0 Å². The van der Waals surface area contributed by atoms with Crippen LogP contribution in [0.2, 0.25) is 0 Å². The first kappa shape index (κ1) is 17.3. The van der Waals surface area contributed by atoms with Crippen molar-refractivity contribution in [1.82, 2.24) is 9.88 Å². The molecule has 1 aliphatic rings. The van der Waals surface area contributed by atoms with E-state index in [9.17, 15) is 4.79 Å². The second-order valence-electron chi connectivity index (χ2n) is 6.73. The number of likely N-dealkylation sites (tertiary alicyclic amines) is 1. The third kappa shape index (κ3) is 4.03. The minimum atomic E-state index is -0.523. The van der Waals surface area contributed by atoms with E-state index in [0.29, 0.717) is 24.7 Å². The maximum absolute atomic E-state index is 12.7. The summed E-state index contributed by atoms with van der Waals surface area (Å²) in [5.74, 6) is 1.28. The lowest BCUT2D eigenvalue weighted by Gasteiger charge is -2.21. The second-order valence-corrected chi connectivity index (χ2v) is 6.73. The second kappa shape index (κ2) is 7.66. The van der Waals surface area contributed by atoms with Gasteiger partial charge in [0, 0.05) is 24.4 Å². The summed E-state index contributed by atoms with van der Waals surface area (Å²) >= 11 is 0. The van der Waals surface area contributed by atoms with Crippen LogP contribution >= 0.6 is 0 Å². The van der Waals surface area contributed by atoms with Crippen molar-refractivity contribution in [2.45, 2.75) is 25.6 Å². The molecule has 2 aromatic carbocycles. The summed E-state index contributed by atoms with van der Waals surface area (Å²) in [6.45, 7) is 3.00. The lowest BCUT2D eigenvalue weighted by Crippen LogP contribution is -2.40. The molecule has 0 radical (unpaired) electrons. The number of para-hydroxylation sites is 2. The van der Waals surface area contributed by atoms with Crippen molar-refractivity contribution >= 4 is 16.8 Å². The molecule has 5 nitrogen and oxygen atoms in total. The van der Waals surface area contributed by atoms with Crippen LogP contribution in [0, 0.1) is 0 Å². The molecule has 4 rings (SSSR count). The monoisotopic (exact) mass is 362 g/mol. The molecule has 2 unspecified atom stereocenters. The molecule has 2 atom stereocenters. The highest BCUT2D eigenvalue weighted by Gasteiger charge is 2.31. The van der Waals surface area contributed by atoms with E-state index >= 15 is 0 Å². The van der Waals surface area contributed by atoms with Crippen molar-refractivity contribution in [1.29, 1.82) is 0 Å². The Balaban J connectivity index is 1.35. The number of fused-ring (bicyclic) bond motifs is 1. The maximum atomic E-state index is 12.7. The largest absolute Gasteiger partial charge is 0.481 e. The van der Waals surface area contributed by atoms with E-state index in [1.165, 1.54) is 0 Å². The zero-order valence-corrected chi connectivity index (χ0v) is 15.2. The van der Waals surface area contributed by atoms with Crippen LogP contribution in [0.5, 0.6) is 11.6 Å². The van der Waals surface area contributed by atoms with E-state index in [1.54, 1.807) is 11.8 Å². The number of benzene rings is 2. The molecule has 0 spiro atoms. The maximum Gasteiger partial charge on any atom is 0.263 e. The Bertz CT molecular complexity index is 929. The Morgan fingerprint density at radius 1 is 1.07 bits per heavy atom. The quantitative estimate of drug-likeness (QED) is 0.695. The average molecular weight is 362 g/mol. The van der Waals surface area contributed by atoms with Crippen molar-refractivity contribution in [2.75, 3.05) is 13.1 Å². The minimum Gasteiger partial charge on any atom is -0.481 e. The van der Waals surface area contributed by atoms with Crippen molar-refractivity contribution in [3.05, 3.63) is 66.7 Å². The number of rotatable bonds is 5. The molecular weight excluding hydrogens is 340 g/mol. The van der Waals surface area contributed by atoms with Gasteiger partial charge < -0.3 is 14.4 Å². The molecule has 0 aliphatic carbocycles. The minimum absolute atomic E-state index is 0.0172. The Kier molecular flexibility index (Phi) is 4.92. The summed E-state index contributed by atoms with van der Waals surface area (Å²) in [5, 5.41) is 1.08. The molecule has 1 aromatic heterocycles. The molecule has 1 fully saturated rings. The Morgan fingerprint density at radius 3 is 2.70 bits per heavy atom. The number of ether oxygens (including phenoxy) is 2. The fraction of sp³-hybridized carbons (Fsp3) is 0.273. The summed E-state index contributed by atoms with van der Waals surface area (Å²) in [4.78, 5) is 19.0. The van der Waals surface area contributed by atoms with Gasteiger partial charge in [-0.3, -0.25) is 4.79 Å². The van der Waals surface area contributed by atoms with E-state index in [4.69, 9.17) is 9.47 Å². The zero-order chi connectivity index (χ0) is 18.6. The average Bonchev–Trinajstić information content (AvgIpc) is 3.16. The number of nitrogens with zero attached hydrogens (tertiary/aromatic N) is 2. The highest BCUT2D eigenvalue weighted by molar-refractivity contribution is 5.81. The molecule has 27 heavy (non-hydrogen) atoms. The summed E-state index contributed by atoms with van der Waals surface area (Å²) in [5.41, 5.74) is 0.908. The number of aromatic nitrogens is 1. The zero-order valence-electron chi connectivity index (χ0n) is 15.2. The van der Waals surface area contributed by atoms with Gasteiger partial charge in [0.25, 0.3) is 5.91 Å². The summed E-state index contributed by atoms with van der Waals surface area (Å²) < 4.78 is 11.8. The molecule has 138 valence electrons. The van der Waals surface area contributed by atoms with Gasteiger partial charge in [0.2, 0.25) is 5.88 Å². The van der Waals surface area contributed by atoms with Gasteiger partial charge in [-0.25, -0.2) is 4.98 Å².